The van der Waals surface area contributed by atoms with Gasteiger partial charge >= 0.3 is 0 Å². The van der Waals surface area contributed by atoms with E-state index in [2.05, 4.69) is 0 Å². The van der Waals surface area contributed by atoms with Crippen LogP contribution in [0.15, 0.2) is 0 Å². The van der Waals surface area contributed by atoms with Crippen LogP contribution in [0.1, 0.15) is 19.3 Å². The zero-order valence-corrected chi connectivity index (χ0v) is 7.47. The van der Waals surface area contributed by atoms with Gasteiger partial charge in [-0.05, 0) is 25.2 Å². The van der Waals surface area contributed by atoms with Gasteiger partial charge in [-0.15, -0.1) is 0 Å². The van der Waals surface area contributed by atoms with Crippen molar-refractivity contribution >= 4 is 10.0 Å². The van der Waals surface area contributed by atoms with Crippen LogP contribution in [0.25, 0.3) is 0 Å². The molecule has 0 aromatic heterocycles. The van der Waals surface area contributed by atoms with E-state index in [1.807, 2.05) is 0 Å². The highest BCUT2D eigenvalue weighted by molar-refractivity contribution is 7.89. The first-order chi connectivity index (χ1) is 5.09. The molecule has 1 aliphatic heterocycles. The molecule has 0 N–H and O–H groups in total. The SMILES string of the molecule is CN1[C@@H]2CC[C@@H](C2)CS1(=O)=O. The fourth-order valence-corrected chi connectivity index (χ4v) is 3.95. The Bertz CT molecular complexity index is 260. The van der Waals surface area contributed by atoms with E-state index in [9.17, 15) is 8.42 Å². The second-order valence-electron chi connectivity index (χ2n) is 3.63. The predicted molar refractivity (Wildman–Crippen MR) is 42.7 cm³/mol. The molecule has 0 aromatic rings. The van der Waals surface area contributed by atoms with Gasteiger partial charge in [0.05, 0.1) is 5.75 Å². The van der Waals surface area contributed by atoms with Gasteiger partial charge in [0, 0.05) is 13.1 Å². The molecule has 1 heterocycles. The van der Waals surface area contributed by atoms with Crippen LogP contribution < -0.4 is 0 Å². The fourth-order valence-electron chi connectivity index (χ4n) is 2.17. The molecule has 2 aliphatic rings. The molecule has 1 saturated carbocycles. The topological polar surface area (TPSA) is 37.4 Å². The van der Waals surface area contributed by atoms with Crippen molar-refractivity contribution < 1.29 is 8.42 Å². The molecule has 4 heteroatoms. The Hall–Kier alpha value is -0.0900. The summed E-state index contributed by atoms with van der Waals surface area (Å²) in [6, 6.07) is 0.318. The normalized spacial score (nSPS) is 42.6. The summed E-state index contributed by atoms with van der Waals surface area (Å²) in [5, 5.41) is 0. The zero-order valence-electron chi connectivity index (χ0n) is 6.66. The fraction of sp³-hybridized carbons (Fsp3) is 1.00. The Labute approximate surface area is 67.4 Å². The Morgan fingerprint density at radius 3 is 2.82 bits per heavy atom. The van der Waals surface area contributed by atoms with Crippen LogP contribution in [0.4, 0.5) is 0 Å². The summed E-state index contributed by atoms with van der Waals surface area (Å²) in [7, 11) is -1.15. The highest BCUT2D eigenvalue weighted by Gasteiger charge is 2.40. The van der Waals surface area contributed by atoms with Gasteiger partial charge < -0.3 is 0 Å². The van der Waals surface area contributed by atoms with Gasteiger partial charge in [0.25, 0.3) is 0 Å². The molecule has 1 saturated heterocycles. The number of rotatable bonds is 0. The highest BCUT2D eigenvalue weighted by atomic mass is 32.2. The maximum Gasteiger partial charge on any atom is 0.214 e. The van der Waals surface area contributed by atoms with Crippen molar-refractivity contribution in [1.82, 2.24) is 4.31 Å². The minimum absolute atomic E-state index is 0.318. The van der Waals surface area contributed by atoms with Gasteiger partial charge in [-0.25, -0.2) is 12.7 Å². The van der Waals surface area contributed by atoms with E-state index in [0.29, 0.717) is 17.7 Å². The first-order valence-corrected chi connectivity index (χ1v) is 5.66. The van der Waals surface area contributed by atoms with Crippen LogP contribution in [0, 0.1) is 5.92 Å². The van der Waals surface area contributed by atoms with Gasteiger partial charge in [-0.3, -0.25) is 0 Å². The second-order valence-corrected chi connectivity index (χ2v) is 5.70. The van der Waals surface area contributed by atoms with Crippen molar-refractivity contribution in [2.24, 2.45) is 5.92 Å². The van der Waals surface area contributed by atoms with Crippen LogP contribution in [0.3, 0.4) is 0 Å². The first kappa shape index (κ1) is 7.55. The Kier molecular flexibility index (Phi) is 1.51. The number of nitrogens with zero attached hydrogens (tertiary/aromatic N) is 1. The maximum atomic E-state index is 11.4. The molecule has 11 heavy (non-hydrogen) atoms. The van der Waals surface area contributed by atoms with E-state index in [4.69, 9.17) is 0 Å². The van der Waals surface area contributed by atoms with Gasteiger partial charge in [-0.2, -0.15) is 0 Å². The van der Waals surface area contributed by atoms with Crippen LogP contribution in [0.2, 0.25) is 0 Å². The summed E-state index contributed by atoms with van der Waals surface area (Å²) in [5.74, 6) is 0.848. The van der Waals surface area contributed by atoms with E-state index in [1.165, 1.54) is 0 Å². The summed E-state index contributed by atoms with van der Waals surface area (Å²) >= 11 is 0. The van der Waals surface area contributed by atoms with Gasteiger partial charge in [0.1, 0.15) is 0 Å². The maximum absolute atomic E-state index is 11.4. The Balaban J connectivity index is 2.32. The monoisotopic (exact) mass is 175 g/mol. The Morgan fingerprint density at radius 2 is 2.09 bits per heavy atom. The minimum atomic E-state index is -2.86. The first-order valence-electron chi connectivity index (χ1n) is 4.05. The van der Waals surface area contributed by atoms with E-state index in [0.717, 1.165) is 19.3 Å². The molecule has 64 valence electrons. The lowest BCUT2D eigenvalue weighted by Gasteiger charge is -2.28. The molecule has 0 unspecified atom stereocenters. The third-order valence-corrected chi connectivity index (χ3v) is 4.98. The molecule has 2 rings (SSSR count). The summed E-state index contributed by atoms with van der Waals surface area (Å²) in [6.45, 7) is 0. The van der Waals surface area contributed by atoms with Gasteiger partial charge in [0.2, 0.25) is 10.0 Å². The molecule has 2 bridgehead atoms. The van der Waals surface area contributed by atoms with E-state index >= 15 is 0 Å². The summed E-state index contributed by atoms with van der Waals surface area (Å²) < 4.78 is 24.3. The van der Waals surface area contributed by atoms with Crippen molar-refractivity contribution in [3.63, 3.8) is 0 Å². The van der Waals surface area contributed by atoms with E-state index < -0.39 is 10.0 Å². The molecular formula is C7H13NO2S. The van der Waals surface area contributed by atoms with Crippen LogP contribution >= 0.6 is 0 Å². The second kappa shape index (κ2) is 2.20. The van der Waals surface area contributed by atoms with E-state index in [1.54, 1.807) is 11.4 Å². The third-order valence-electron chi connectivity index (χ3n) is 2.91. The molecule has 2 atom stereocenters. The molecule has 1 aliphatic carbocycles. The molecule has 2 fully saturated rings. The molecular weight excluding hydrogens is 162 g/mol. The Morgan fingerprint density at radius 1 is 1.36 bits per heavy atom. The van der Waals surface area contributed by atoms with Gasteiger partial charge in [0.15, 0.2) is 0 Å². The number of hydrogen-bond acceptors (Lipinski definition) is 2. The summed E-state index contributed by atoms with van der Waals surface area (Å²) in [4.78, 5) is 0. The van der Waals surface area contributed by atoms with Crippen LogP contribution in [0.5, 0.6) is 0 Å². The summed E-state index contributed by atoms with van der Waals surface area (Å²) in [5.41, 5.74) is 0. The standard InChI is InChI=1S/C7H13NO2S/c1-8-7-3-2-6(4-7)5-11(8,9)10/h6-7H,2-5H2,1H3/t6-,7+/m0/s1. The van der Waals surface area contributed by atoms with Crippen molar-refractivity contribution in [3.8, 4) is 0 Å². The van der Waals surface area contributed by atoms with Crippen molar-refractivity contribution in [3.05, 3.63) is 0 Å². The average Bonchev–Trinajstić information content (AvgIpc) is 2.29. The average molecular weight is 175 g/mol. The zero-order chi connectivity index (χ0) is 8.06. The van der Waals surface area contributed by atoms with E-state index in [-0.39, 0.29) is 0 Å². The van der Waals surface area contributed by atoms with Crippen molar-refractivity contribution in [1.29, 1.82) is 0 Å². The third kappa shape index (κ3) is 1.08. The summed E-state index contributed by atoms with van der Waals surface area (Å²) in [6.07, 6.45) is 3.27. The molecule has 3 nitrogen and oxygen atoms in total. The quantitative estimate of drug-likeness (QED) is 0.535. The largest absolute Gasteiger partial charge is 0.214 e. The molecule has 0 spiro atoms. The molecule has 0 amide bonds. The van der Waals surface area contributed by atoms with Crippen LogP contribution in [-0.4, -0.2) is 31.6 Å². The van der Waals surface area contributed by atoms with Gasteiger partial charge in [-0.1, -0.05) is 0 Å². The smallest absolute Gasteiger partial charge is 0.212 e. The number of sulfonamides is 1. The highest BCUT2D eigenvalue weighted by Crippen LogP contribution is 2.36. The predicted octanol–water partition coefficient (Wildman–Crippen LogP) is 0.430. The van der Waals surface area contributed by atoms with Crippen LogP contribution in [-0.2, 0) is 10.0 Å². The molecule has 0 aromatic carbocycles. The number of fused-ring (bicyclic) bond motifs is 2. The van der Waals surface area contributed by atoms with Crippen molar-refractivity contribution in [2.45, 2.75) is 25.3 Å². The van der Waals surface area contributed by atoms with Crippen molar-refractivity contribution in [2.75, 3.05) is 12.8 Å². The lowest BCUT2D eigenvalue weighted by atomic mass is 10.1. The minimum Gasteiger partial charge on any atom is -0.212 e. The lowest BCUT2D eigenvalue weighted by Crippen LogP contribution is -2.41. The molecule has 0 radical (unpaired) electrons. The lowest BCUT2D eigenvalue weighted by molar-refractivity contribution is 0.344. The number of hydrogen-bond donors (Lipinski definition) is 0.